The third-order valence-electron chi connectivity index (χ3n) is 2.55. The summed E-state index contributed by atoms with van der Waals surface area (Å²) in [4.78, 5) is 11.7. The Kier molecular flexibility index (Phi) is 6.88. The maximum Gasteiger partial charge on any atom is 0.419 e. The molecule has 0 N–H and O–H groups in total. The summed E-state index contributed by atoms with van der Waals surface area (Å²) in [6.07, 6.45) is -5.03. The Hall–Kier alpha value is -1.51. The molecule has 0 aliphatic carbocycles. The summed E-state index contributed by atoms with van der Waals surface area (Å²) in [6.45, 7) is 2.28. The van der Waals surface area contributed by atoms with E-state index in [-0.39, 0.29) is 19.3 Å². The van der Waals surface area contributed by atoms with Crippen molar-refractivity contribution < 1.29 is 45.1 Å². The van der Waals surface area contributed by atoms with E-state index < -0.39 is 42.8 Å². The summed E-state index contributed by atoms with van der Waals surface area (Å²) < 4.78 is 90.6. The number of hydrogen-bond acceptors (Lipinski definition) is 5. The number of rotatable bonds is 7. The van der Waals surface area contributed by atoms with Gasteiger partial charge >= 0.3 is 19.7 Å². The van der Waals surface area contributed by atoms with Crippen LogP contribution in [0.25, 0.3) is 0 Å². The standard InChI is InChI=1S/C13H14F5O5P/c1-3-21-24(20,22-4-2)11(15)12(19)23-8-5-6-10(14)9(7-8)13(16,17)18/h5-7,11H,3-4H2,1-2H3. The molecule has 0 spiro atoms. The second kappa shape index (κ2) is 8.04. The minimum Gasteiger partial charge on any atom is -0.424 e. The van der Waals surface area contributed by atoms with Crippen LogP contribution in [0.2, 0.25) is 0 Å². The molecule has 1 rings (SSSR count). The Bertz CT molecular complexity index is 624. The van der Waals surface area contributed by atoms with E-state index in [1.54, 1.807) is 0 Å². The van der Waals surface area contributed by atoms with Gasteiger partial charge in [-0.2, -0.15) is 13.2 Å². The zero-order valence-corrected chi connectivity index (χ0v) is 13.5. The molecule has 1 aromatic rings. The SMILES string of the molecule is CCOP(=O)(OCC)C(F)C(=O)Oc1ccc(F)c(C(F)(F)F)c1. The van der Waals surface area contributed by atoms with E-state index in [9.17, 15) is 31.3 Å². The topological polar surface area (TPSA) is 61.8 Å². The van der Waals surface area contributed by atoms with Gasteiger partial charge in [0.05, 0.1) is 18.8 Å². The van der Waals surface area contributed by atoms with Crippen LogP contribution in [0, 0.1) is 5.82 Å². The summed E-state index contributed by atoms with van der Waals surface area (Å²) in [6, 6.07) is 1.29. The first-order chi connectivity index (χ1) is 11.0. The molecule has 1 unspecified atom stereocenters. The first kappa shape index (κ1) is 20.5. The van der Waals surface area contributed by atoms with Crippen molar-refractivity contribution in [3.63, 3.8) is 0 Å². The molecule has 11 heteroatoms. The van der Waals surface area contributed by atoms with Gasteiger partial charge in [-0.3, -0.25) is 4.57 Å². The van der Waals surface area contributed by atoms with Crippen molar-refractivity contribution in [3.8, 4) is 5.75 Å². The van der Waals surface area contributed by atoms with Crippen molar-refractivity contribution in [2.75, 3.05) is 13.2 Å². The largest absolute Gasteiger partial charge is 0.424 e. The van der Waals surface area contributed by atoms with Gasteiger partial charge < -0.3 is 13.8 Å². The van der Waals surface area contributed by atoms with E-state index in [0.717, 1.165) is 0 Å². The third kappa shape index (κ3) is 4.99. The van der Waals surface area contributed by atoms with Gasteiger partial charge in [-0.05, 0) is 32.0 Å². The van der Waals surface area contributed by atoms with Crippen molar-refractivity contribution in [1.82, 2.24) is 0 Å². The second-order valence-corrected chi connectivity index (χ2v) is 6.32. The summed E-state index contributed by atoms with van der Waals surface area (Å²) >= 11 is 0. The number of carbonyl (C=O) groups is 1. The predicted octanol–water partition coefficient (Wildman–Crippen LogP) is 4.31. The summed E-state index contributed by atoms with van der Waals surface area (Å²) in [5, 5.41) is 0. The maximum absolute atomic E-state index is 14.0. The lowest BCUT2D eigenvalue weighted by Crippen LogP contribution is -2.24. The highest BCUT2D eigenvalue weighted by molar-refractivity contribution is 7.55. The molecule has 0 aromatic heterocycles. The highest BCUT2D eigenvalue weighted by atomic mass is 31.2. The fraction of sp³-hybridized carbons (Fsp3) is 0.462. The van der Waals surface area contributed by atoms with Gasteiger partial charge in [0.15, 0.2) is 0 Å². The van der Waals surface area contributed by atoms with Gasteiger partial charge in [0.25, 0.3) is 5.91 Å². The van der Waals surface area contributed by atoms with Crippen LogP contribution in [0.15, 0.2) is 18.2 Å². The number of esters is 1. The molecule has 24 heavy (non-hydrogen) atoms. The highest BCUT2D eigenvalue weighted by Crippen LogP contribution is 2.54. The van der Waals surface area contributed by atoms with E-state index >= 15 is 0 Å². The lowest BCUT2D eigenvalue weighted by molar-refractivity contribution is -0.141. The van der Waals surface area contributed by atoms with Crippen molar-refractivity contribution >= 4 is 13.6 Å². The zero-order chi connectivity index (χ0) is 18.5. The lowest BCUT2D eigenvalue weighted by atomic mass is 10.2. The van der Waals surface area contributed by atoms with E-state index in [0.29, 0.717) is 12.1 Å². The summed E-state index contributed by atoms with van der Waals surface area (Å²) in [7, 11) is -4.49. The fourth-order valence-electron chi connectivity index (χ4n) is 1.61. The number of halogens is 5. The molecule has 0 heterocycles. The monoisotopic (exact) mass is 376 g/mol. The molecule has 136 valence electrons. The summed E-state index contributed by atoms with van der Waals surface area (Å²) in [5.74, 6) is -7.00. The molecule has 1 atom stereocenters. The van der Waals surface area contributed by atoms with Crippen LogP contribution in [0.4, 0.5) is 22.0 Å². The Morgan fingerprint density at radius 3 is 2.21 bits per heavy atom. The molecule has 0 radical (unpaired) electrons. The first-order valence-corrected chi connectivity index (χ1v) is 8.27. The summed E-state index contributed by atoms with van der Waals surface area (Å²) in [5.41, 5.74) is -1.69. The molecule has 0 aliphatic heterocycles. The zero-order valence-electron chi connectivity index (χ0n) is 12.6. The molecule has 1 aromatic carbocycles. The average Bonchev–Trinajstić information content (AvgIpc) is 2.47. The normalized spacial score (nSPS) is 13.6. The lowest BCUT2D eigenvalue weighted by Gasteiger charge is -2.19. The Morgan fingerprint density at radius 1 is 1.21 bits per heavy atom. The molecule has 0 amide bonds. The van der Waals surface area contributed by atoms with E-state index in [4.69, 9.17) is 0 Å². The molecule has 0 bridgehead atoms. The number of benzene rings is 1. The van der Waals surface area contributed by atoms with Gasteiger partial charge in [0, 0.05) is 0 Å². The predicted molar refractivity (Wildman–Crippen MR) is 72.8 cm³/mol. The molecule has 0 fully saturated rings. The minimum absolute atomic E-state index is 0.187. The van der Waals surface area contributed by atoms with Crippen LogP contribution in [0.3, 0.4) is 0 Å². The Labute approximate surface area is 134 Å². The van der Waals surface area contributed by atoms with Crippen molar-refractivity contribution in [3.05, 3.63) is 29.6 Å². The quantitative estimate of drug-likeness (QED) is 0.307. The Morgan fingerprint density at radius 2 is 1.75 bits per heavy atom. The van der Waals surface area contributed by atoms with Gasteiger partial charge in [-0.15, -0.1) is 0 Å². The van der Waals surface area contributed by atoms with Crippen molar-refractivity contribution in [1.29, 1.82) is 0 Å². The van der Waals surface area contributed by atoms with Crippen molar-refractivity contribution in [2.24, 2.45) is 0 Å². The van der Waals surface area contributed by atoms with Crippen LogP contribution >= 0.6 is 7.60 Å². The van der Waals surface area contributed by atoms with E-state index in [2.05, 4.69) is 13.8 Å². The van der Waals surface area contributed by atoms with Gasteiger partial charge in [-0.1, -0.05) is 0 Å². The number of alkyl halides is 4. The maximum atomic E-state index is 14.0. The minimum atomic E-state index is -5.03. The van der Waals surface area contributed by atoms with Crippen LogP contribution in [-0.4, -0.2) is 25.1 Å². The van der Waals surface area contributed by atoms with Crippen LogP contribution in [-0.2, 0) is 24.6 Å². The number of ether oxygens (including phenoxy) is 1. The number of carbonyl (C=O) groups excluding carboxylic acids is 1. The highest BCUT2D eigenvalue weighted by Gasteiger charge is 2.43. The van der Waals surface area contributed by atoms with E-state index in [1.807, 2.05) is 0 Å². The second-order valence-electron chi connectivity index (χ2n) is 4.27. The van der Waals surface area contributed by atoms with Gasteiger partial charge in [0.1, 0.15) is 11.6 Å². The van der Waals surface area contributed by atoms with Gasteiger partial charge in [-0.25, -0.2) is 13.6 Å². The smallest absolute Gasteiger partial charge is 0.419 e. The number of hydrogen-bond donors (Lipinski definition) is 0. The average molecular weight is 376 g/mol. The molecular weight excluding hydrogens is 362 g/mol. The van der Waals surface area contributed by atoms with E-state index in [1.165, 1.54) is 13.8 Å². The fourth-order valence-corrected chi connectivity index (χ4v) is 2.97. The molecule has 0 saturated carbocycles. The first-order valence-electron chi connectivity index (χ1n) is 6.66. The molecular formula is C13H14F5O5P. The van der Waals surface area contributed by atoms with Crippen LogP contribution < -0.4 is 4.74 Å². The van der Waals surface area contributed by atoms with Crippen LogP contribution in [0.1, 0.15) is 19.4 Å². The molecule has 0 saturated heterocycles. The van der Waals surface area contributed by atoms with Crippen molar-refractivity contribution in [2.45, 2.75) is 25.9 Å². The molecule has 0 aliphatic rings. The van der Waals surface area contributed by atoms with Crippen LogP contribution in [0.5, 0.6) is 5.75 Å². The van der Waals surface area contributed by atoms with Gasteiger partial charge in [0.2, 0.25) is 0 Å². The Balaban J connectivity index is 3.00. The molecule has 5 nitrogen and oxygen atoms in total. The third-order valence-corrected chi connectivity index (χ3v) is 4.55.